The maximum atomic E-state index is 12.0. The van der Waals surface area contributed by atoms with Crippen LogP contribution in [-0.2, 0) is 23.6 Å². The lowest BCUT2D eigenvalue weighted by Crippen LogP contribution is -2.23. The second-order valence-electron chi connectivity index (χ2n) is 6.61. The number of carbonyl (C=O) groups is 1. The van der Waals surface area contributed by atoms with Gasteiger partial charge in [0.25, 0.3) is 0 Å². The summed E-state index contributed by atoms with van der Waals surface area (Å²) in [4.78, 5) is 12.0. The second-order valence-corrected chi connectivity index (χ2v) is 7.67. The Bertz CT molecular complexity index is 922. The minimum atomic E-state index is -0.390. The molecule has 1 N–H and O–H groups in total. The third kappa shape index (κ3) is 3.88. The summed E-state index contributed by atoms with van der Waals surface area (Å²) in [6, 6.07) is 22.5. The fraction of sp³-hybridized carbons (Fsp3) is 0.227. The molecule has 3 aromatic rings. The molecule has 2 aromatic carbocycles. The van der Waals surface area contributed by atoms with E-state index in [9.17, 15) is 4.79 Å². The lowest BCUT2D eigenvalue weighted by molar-refractivity contribution is 0.139. The van der Waals surface area contributed by atoms with Crippen LogP contribution in [0.4, 0.5) is 4.79 Å². The molecule has 138 valence electrons. The van der Waals surface area contributed by atoms with Crippen LogP contribution in [0.5, 0.6) is 0 Å². The van der Waals surface area contributed by atoms with E-state index in [-0.39, 0.29) is 0 Å². The molecule has 1 aromatic heterocycles. The van der Waals surface area contributed by atoms with Crippen LogP contribution in [-0.4, -0.2) is 10.7 Å². The van der Waals surface area contributed by atoms with Gasteiger partial charge in [0.05, 0.1) is 0 Å². The molecule has 4 nitrogen and oxygen atoms in total. The topological polar surface area (TPSA) is 43.3 Å². The molecule has 0 aliphatic carbocycles. The molecule has 0 bridgehead atoms. The first kappa shape index (κ1) is 17.7. The van der Waals surface area contributed by atoms with Crippen molar-refractivity contribution in [2.24, 2.45) is 0 Å². The molecule has 0 unspecified atom stereocenters. The number of alkyl carbamates (subject to hydrolysis) is 1. The Labute approximate surface area is 163 Å². The number of amides is 1. The zero-order valence-corrected chi connectivity index (χ0v) is 16.0. The van der Waals surface area contributed by atoms with E-state index in [1.165, 1.54) is 17.0 Å². The SMILES string of the molecule is Cc1c(COC(=O)NCc2ccccc2)cc2n1[C@@H](c1ccccc1)SC2. The summed E-state index contributed by atoms with van der Waals surface area (Å²) in [5, 5.41) is 3.09. The van der Waals surface area contributed by atoms with E-state index in [1.54, 1.807) is 0 Å². The molecule has 1 amide bonds. The van der Waals surface area contributed by atoms with Gasteiger partial charge in [-0.25, -0.2) is 4.79 Å². The first-order valence-electron chi connectivity index (χ1n) is 9.03. The van der Waals surface area contributed by atoms with Gasteiger partial charge >= 0.3 is 6.09 Å². The minimum absolute atomic E-state index is 0.290. The molecule has 0 spiro atoms. The van der Waals surface area contributed by atoms with Crippen LogP contribution in [0.1, 0.15) is 33.5 Å². The Morgan fingerprint density at radius 3 is 2.59 bits per heavy atom. The van der Waals surface area contributed by atoms with Crippen molar-refractivity contribution in [2.45, 2.75) is 31.2 Å². The van der Waals surface area contributed by atoms with Gasteiger partial charge in [-0.15, -0.1) is 11.8 Å². The van der Waals surface area contributed by atoms with Crippen molar-refractivity contribution in [1.82, 2.24) is 9.88 Å². The summed E-state index contributed by atoms with van der Waals surface area (Å²) >= 11 is 1.93. The van der Waals surface area contributed by atoms with Crippen LogP contribution in [0.15, 0.2) is 66.7 Å². The number of hydrogen-bond donors (Lipinski definition) is 1. The van der Waals surface area contributed by atoms with Crippen LogP contribution in [0.2, 0.25) is 0 Å². The van der Waals surface area contributed by atoms with E-state index in [1.807, 2.05) is 48.2 Å². The van der Waals surface area contributed by atoms with Crippen molar-refractivity contribution in [3.05, 3.63) is 94.8 Å². The molecular formula is C22H22N2O2S. The number of ether oxygens (including phenoxy) is 1. The van der Waals surface area contributed by atoms with Gasteiger partial charge in [-0.1, -0.05) is 60.7 Å². The number of nitrogens with one attached hydrogen (secondary N) is 1. The molecule has 1 aliphatic rings. The highest BCUT2D eigenvalue weighted by atomic mass is 32.2. The summed E-state index contributed by atoms with van der Waals surface area (Å²) < 4.78 is 7.80. The highest BCUT2D eigenvalue weighted by Gasteiger charge is 2.27. The first-order chi connectivity index (χ1) is 13.2. The number of aromatic nitrogens is 1. The van der Waals surface area contributed by atoms with Crippen molar-refractivity contribution in [1.29, 1.82) is 0 Å². The molecule has 27 heavy (non-hydrogen) atoms. The lowest BCUT2D eigenvalue weighted by atomic mass is 10.2. The molecule has 0 radical (unpaired) electrons. The van der Waals surface area contributed by atoms with Crippen LogP contribution in [0.3, 0.4) is 0 Å². The normalized spacial score (nSPS) is 15.4. The summed E-state index contributed by atoms with van der Waals surface area (Å²) in [6.45, 7) is 2.86. The number of nitrogens with zero attached hydrogens (tertiary/aromatic N) is 1. The summed E-state index contributed by atoms with van der Waals surface area (Å²) in [6.07, 6.45) is -0.390. The van der Waals surface area contributed by atoms with Crippen LogP contribution < -0.4 is 5.32 Å². The van der Waals surface area contributed by atoms with Gasteiger partial charge in [0.1, 0.15) is 12.0 Å². The number of benzene rings is 2. The quantitative estimate of drug-likeness (QED) is 0.678. The molecule has 0 fully saturated rings. The standard InChI is InChI=1S/C22H22N2O2S/c1-16-19(14-26-22(25)23-13-17-8-4-2-5-9-17)12-20-15-27-21(24(16)20)18-10-6-3-7-11-18/h2-12,21H,13-15H2,1H3,(H,23,25)/t21-/m1/s1. The van der Waals surface area contributed by atoms with E-state index >= 15 is 0 Å². The van der Waals surface area contributed by atoms with Crippen molar-refractivity contribution < 1.29 is 9.53 Å². The highest BCUT2D eigenvalue weighted by Crippen LogP contribution is 2.43. The Kier molecular flexibility index (Phi) is 5.21. The zero-order chi connectivity index (χ0) is 18.6. The maximum Gasteiger partial charge on any atom is 0.407 e. The minimum Gasteiger partial charge on any atom is -0.445 e. The fourth-order valence-electron chi connectivity index (χ4n) is 3.40. The molecule has 4 rings (SSSR count). The Morgan fingerprint density at radius 2 is 1.85 bits per heavy atom. The van der Waals surface area contributed by atoms with E-state index in [2.05, 4.69) is 47.1 Å². The number of hydrogen-bond acceptors (Lipinski definition) is 3. The second kappa shape index (κ2) is 7.92. The Morgan fingerprint density at radius 1 is 1.15 bits per heavy atom. The van der Waals surface area contributed by atoms with Crippen molar-refractivity contribution >= 4 is 17.9 Å². The van der Waals surface area contributed by atoms with E-state index in [0.29, 0.717) is 18.5 Å². The van der Waals surface area contributed by atoms with Crippen LogP contribution in [0, 0.1) is 6.92 Å². The first-order valence-corrected chi connectivity index (χ1v) is 10.1. The molecule has 2 heterocycles. The lowest BCUT2D eigenvalue weighted by Gasteiger charge is -2.16. The molecular weight excluding hydrogens is 356 g/mol. The summed E-state index contributed by atoms with van der Waals surface area (Å²) in [5.74, 6) is 0.973. The average Bonchev–Trinajstić information content (AvgIpc) is 3.26. The van der Waals surface area contributed by atoms with Gasteiger partial charge in [0.15, 0.2) is 0 Å². The van der Waals surface area contributed by atoms with Crippen molar-refractivity contribution in [3.8, 4) is 0 Å². The van der Waals surface area contributed by atoms with Gasteiger partial charge in [0.2, 0.25) is 0 Å². The fourth-order valence-corrected chi connectivity index (χ4v) is 4.74. The predicted molar refractivity (Wildman–Crippen MR) is 109 cm³/mol. The predicted octanol–water partition coefficient (Wildman–Crippen LogP) is 5.02. The van der Waals surface area contributed by atoms with Gasteiger partial charge in [0, 0.05) is 29.2 Å². The van der Waals surface area contributed by atoms with E-state index in [0.717, 1.165) is 16.9 Å². The third-order valence-electron chi connectivity index (χ3n) is 4.82. The molecule has 1 atom stereocenters. The van der Waals surface area contributed by atoms with Crippen LogP contribution in [0.25, 0.3) is 0 Å². The maximum absolute atomic E-state index is 12.0. The smallest absolute Gasteiger partial charge is 0.407 e. The van der Waals surface area contributed by atoms with Crippen LogP contribution >= 0.6 is 11.8 Å². The third-order valence-corrected chi connectivity index (χ3v) is 6.08. The summed E-state index contributed by atoms with van der Waals surface area (Å²) in [7, 11) is 0. The number of rotatable bonds is 5. The highest BCUT2D eigenvalue weighted by molar-refractivity contribution is 7.99. The zero-order valence-electron chi connectivity index (χ0n) is 15.2. The van der Waals surface area contributed by atoms with Gasteiger partial charge < -0.3 is 14.6 Å². The summed E-state index contributed by atoms with van der Waals surface area (Å²) in [5.41, 5.74) is 5.87. The van der Waals surface area contributed by atoms with Crippen molar-refractivity contribution in [3.63, 3.8) is 0 Å². The van der Waals surface area contributed by atoms with Gasteiger partial charge in [-0.2, -0.15) is 0 Å². The average molecular weight is 378 g/mol. The van der Waals surface area contributed by atoms with E-state index in [4.69, 9.17) is 4.74 Å². The largest absolute Gasteiger partial charge is 0.445 e. The Balaban J connectivity index is 1.39. The molecule has 0 saturated carbocycles. The molecule has 0 saturated heterocycles. The van der Waals surface area contributed by atoms with Crippen molar-refractivity contribution in [2.75, 3.05) is 0 Å². The number of thioether (sulfide) groups is 1. The Hall–Kier alpha value is -2.66. The van der Waals surface area contributed by atoms with E-state index < -0.39 is 6.09 Å². The number of fused-ring (bicyclic) bond motifs is 1. The molecule has 1 aliphatic heterocycles. The van der Waals surface area contributed by atoms with Gasteiger partial charge in [-0.05, 0) is 24.1 Å². The van der Waals surface area contributed by atoms with Gasteiger partial charge in [-0.3, -0.25) is 0 Å². The molecule has 5 heteroatoms. The number of carbonyl (C=O) groups excluding carboxylic acids is 1. The monoisotopic (exact) mass is 378 g/mol.